The highest BCUT2D eigenvalue weighted by Gasteiger charge is 2.10. The Morgan fingerprint density at radius 1 is 1.61 bits per heavy atom. The zero-order chi connectivity index (χ0) is 13.4. The van der Waals surface area contributed by atoms with Gasteiger partial charge < -0.3 is 5.32 Å². The third kappa shape index (κ3) is 5.50. The van der Waals surface area contributed by atoms with Gasteiger partial charge in [0, 0.05) is 18.0 Å². The second kappa shape index (κ2) is 8.09. The lowest BCUT2D eigenvalue weighted by Gasteiger charge is -2.18. The molecule has 0 saturated carbocycles. The van der Waals surface area contributed by atoms with Gasteiger partial charge in [0.25, 0.3) is 0 Å². The third-order valence-electron chi connectivity index (χ3n) is 2.38. The van der Waals surface area contributed by atoms with E-state index in [0.717, 1.165) is 22.3 Å². The minimum atomic E-state index is -0.0465. The van der Waals surface area contributed by atoms with Crippen LogP contribution in [0.15, 0.2) is 12.1 Å². The minimum Gasteiger partial charge on any atom is -0.354 e. The largest absolute Gasteiger partial charge is 0.354 e. The molecule has 0 aliphatic heterocycles. The van der Waals surface area contributed by atoms with Crippen LogP contribution < -0.4 is 5.32 Å². The molecule has 0 unspecified atom stereocenters. The predicted molar refractivity (Wildman–Crippen MR) is 73.5 cm³/mol. The number of nitriles is 1. The van der Waals surface area contributed by atoms with Gasteiger partial charge in [-0.25, -0.2) is 0 Å². The topological polar surface area (TPSA) is 56.1 Å². The van der Waals surface area contributed by atoms with Crippen molar-refractivity contribution in [3.63, 3.8) is 0 Å². The van der Waals surface area contributed by atoms with Crippen molar-refractivity contribution in [2.45, 2.75) is 19.9 Å². The molecule has 18 heavy (non-hydrogen) atoms. The van der Waals surface area contributed by atoms with Crippen LogP contribution in [0.4, 0.5) is 0 Å². The van der Waals surface area contributed by atoms with Gasteiger partial charge in [0.2, 0.25) is 5.91 Å². The minimum absolute atomic E-state index is 0.0465. The Morgan fingerprint density at radius 2 is 2.39 bits per heavy atom. The van der Waals surface area contributed by atoms with Crippen LogP contribution in [0.3, 0.4) is 0 Å². The van der Waals surface area contributed by atoms with Crippen molar-refractivity contribution in [1.29, 1.82) is 5.26 Å². The van der Waals surface area contributed by atoms with Crippen LogP contribution in [0, 0.1) is 11.3 Å². The zero-order valence-corrected chi connectivity index (χ0v) is 11.9. The molecule has 1 rings (SSSR count). The predicted octanol–water partition coefficient (Wildman–Crippen LogP) is 2.25. The molecule has 6 heteroatoms. The van der Waals surface area contributed by atoms with Crippen molar-refractivity contribution < 1.29 is 4.79 Å². The second-order valence-electron chi connectivity index (χ2n) is 3.77. The van der Waals surface area contributed by atoms with Crippen LogP contribution in [0.25, 0.3) is 0 Å². The maximum atomic E-state index is 11.6. The maximum Gasteiger partial charge on any atom is 0.234 e. The van der Waals surface area contributed by atoms with E-state index in [2.05, 4.69) is 5.32 Å². The maximum absolute atomic E-state index is 11.6. The fourth-order valence-corrected chi connectivity index (χ4v) is 2.58. The third-order valence-corrected chi connectivity index (χ3v) is 3.60. The Morgan fingerprint density at radius 3 is 2.94 bits per heavy atom. The number of nitrogens with zero attached hydrogens (tertiary/aromatic N) is 2. The lowest BCUT2D eigenvalue weighted by atomic mass is 10.4. The first-order valence-corrected chi connectivity index (χ1v) is 6.95. The standard InChI is InChI=1S/C12H16ClN3OS/c1-2-16(8-10-4-5-11(13)18-10)9-12(17)15-7-3-6-14/h4-5H,2-3,7-9H2,1H3,(H,15,17). The smallest absolute Gasteiger partial charge is 0.234 e. The van der Waals surface area contributed by atoms with Gasteiger partial charge in [-0.3, -0.25) is 9.69 Å². The summed E-state index contributed by atoms with van der Waals surface area (Å²) in [5.74, 6) is -0.0465. The molecule has 0 aromatic carbocycles. The Balaban J connectivity index is 2.37. The first-order chi connectivity index (χ1) is 8.65. The molecule has 1 N–H and O–H groups in total. The monoisotopic (exact) mass is 285 g/mol. The highest BCUT2D eigenvalue weighted by molar-refractivity contribution is 7.16. The summed E-state index contributed by atoms with van der Waals surface area (Å²) in [5, 5.41) is 11.1. The van der Waals surface area contributed by atoms with E-state index in [4.69, 9.17) is 16.9 Å². The van der Waals surface area contributed by atoms with Crippen LogP contribution in [0.1, 0.15) is 18.2 Å². The van der Waals surface area contributed by atoms with E-state index in [1.165, 1.54) is 11.3 Å². The van der Waals surface area contributed by atoms with Crippen LogP contribution in [-0.4, -0.2) is 30.4 Å². The molecule has 1 aromatic heterocycles. The molecule has 4 nitrogen and oxygen atoms in total. The van der Waals surface area contributed by atoms with Gasteiger partial charge in [0.15, 0.2) is 0 Å². The molecule has 0 atom stereocenters. The molecule has 0 radical (unpaired) electrons. The van der Waals surface area contributed by atoms with Crippen LogP contribution in [0.2, 0.25) is 4.34 Å². The molecule has 0 saturated heterocycles. The summed E-state index contributed by atoms with van der Waals surface area (Å²) >= 11 is 7.40. The Bertz CT molecular complexity index is 427. The fraction of sp³-hybridized carbons (Fsp3) is 0.500. The summed E-state index contributed by atoms with van der Waals surface area (Å²) < 4.78 is 0.763. The number of nitrogens with one attached hydrogen (secondary N) is 1. The van der Waals surface area contributed by atoms with Crippen LogP contribution in [0.5, 0.6) is 0 Å². The van der Waals surface area contributed by atoms with Gasteiger partial charge in [-0.1, -0.05) is 18.5 Å². The van der Waals surface area contributed by atoms with E-state index in [-0.39, 0.29) is 5.91 Å². The Labute approximate surface area is 116 Å². The number of carbonyl (C=O) groups excluding carboxylic acids is 1. The van der Waals surface area contributed by atoms with Crippen molar-refractivity contribution in [3.8, 4) is 6.07 Å². The Kier molecular flexibility index (Phi) is 6.73. The molecule has 0 aliphatic rings. The van der Waals surface area contributed by atoms with Crippen molar-refractivity contribution in [2.24, 2.45) is 0 Å². The van der Waals surface area contributed by atoms with E-state index in [1.54, 1.807) is 0 Å². The summed E-state index contributed by atoms with van der Waals surface area (Å²) in [6.07, 6.45) is 0.346. The number of hydrogen-bond acceptors (Lipinski definition) is 4. The highest BCUT2D eigenvalue weighted by atomic mass is 35.5. The highest BCUT2D eigenvalue weighted by Crippen LogP contribution is 2.22. The quantitative estimate of drug-likeness (QED) is 0.782. The van der Waals surface area contributed by atoms with Gasteiger partial charge in [-0.05, 0) is 18.7 Å². The Hall–Kier alpha value is -1.09. The summed E-state index contributed by atoms with van der Waals surface area (Å²) in [6, 6.07) is 5.83. The number of rotatable bonds is 7. The van der Waals surface area contributed by atoms with E-state index < -0.39 is 0 Å². The number of halogens is 1. The van der Waals surface area contributed by atoms with Gasteiger partial charge in [-0.15, -0.1) is 11.3 Å². The normalized spacial score (nSPS) is 10.3. The number of likely N-dealkylation sites (N-methyl/N-ethyl adjacent to an activating group) is 1. The lowest BCUT2D eigenvalue weighted by molar-refractivity contribution is -0.122. The first-order valence-electron chi connectivity index (χ1n) is 5.76. The number of hydrogen-bond donors (Lipinski definition) is 1. The molecule has 0 aliphatic carbocycles. The lowest BCUT2D eigenvalue weighted by Crippen LogP contribution is -2.37. The molecule has 98 valence electrons. The van der Waals surface area contributed by atoms with E-state index in [0.29, 0.717) is 19.5 Å². The number of amides is 1. The summed E-state index contributed by atoms with van der Waals surface area (Å²) in [6.45, 7) is 4.29. The first kappa shape index (κ1) is 15.0. The average Bonchev–Trinajstić information content (AvgIpc) is 2.74. The average molecular weight is 286 g/mol. The van der Waals surface area contributed by atoms with E-state index in [9.17, 15) is 4.79 Å². The molecule has 1 aromatic rings. The fourth-order valence-electron chi connectivity index (χ4n) is 1.45. The van der Waals surface area contributed by atoms with Crippen LogP contribution >= 0.6 is 22.9 Å². The molecule has 1 amide bonds. The van der Waals surface area contributed by atoms with E-state index >= 15 is 0 Å². The van der Waals surface area contributed by atoms with Gasteiger partial charge in [0.1, 0.15) is 0 Å². The van der Waals surface area contributed by atoms with Crippen molar-refractivity contribution in [3.05, 3.63) is 21.3 Å². The van der Waals surface area contributed by atoms with E-state index in [1.807, 2.05) is 30.0 Å². The van der Waals surface area contributed by atoms with Gasteiger partial charge >= 0.3 is 0 Å². The summed E-state index contributed by atoms with van der Waals surface area (Å²) in [5.41, 5.74) is 0. The number of thiophene rings is 1. The molecule has 1 heterocycles. The summed E-state index contributed by atoms with van der Waals surface area (Å²) in [4.78, 5) is 14.8. The van der Waals surface area contributed by atoms with Crippen molar-refractivity contribution in [1.82, 2.24) is 10.2 Å². The second-order valence-corrected chi connectivity index (χ2v) is 5.57. The molecule has 0 spiro atoms. The molecular formula is C12H16ClN3OS. The summed E-state index contributed by atoms with van der Waals surface area (Å²) in [7, 11) is 0. The molecular weight excluding hydrogens is 270 g/mol. The van der Waals surface area contributed by atoms with Gasteiger partial charge in [0.05, 0.1) is 23.4 Å². The number of carbonyl (C=O) groups is 1. The van der Waals surface area contributed by atoms with Crippen molar-refractivity contribution >= 4 is 28.8 Å². The molecule has 0 fully saturated rings. The van der Waals surface area contributed by atoms with Crippen molar-refractivity contribution in [2.75, 3.05) is 19.6 Å². The molecule has 0 bridgehead atoms. The SMILES string of the molecule is CCN(CC(=O)NCCC#N)Cc1ccc(Cl)s1. The zero-order valence-electron chi connectivity index (χ0n) is 10.3. The van der Waals surface area contributed by atoms with Gasteiger partial charge in [-0.2, -0.15) is 5.26 Å². The van der Waals surface area contributed by atoms with Crippen LogP contribution in [-0.2, 0) is 11.3 Å².